The zero-order valence-electron chi connectivity index (χ0n) is 9.56. The molecule has 2 heterocycles. The lowest BCUT2D eigenvalue weighted by Gasteiger charge is -2.21. The van der Waals surface area contributed by atoms with Crippen LogP contribution < -0.4 is 5.32 Å². The Morgan fingerprint density at radius 3 is 2.78 bits per heavy atom. The molecule has 1 aromatic rings. The molecule has 0 aliphatic carbocycles. The molecule has 3 amide bonds. The van der Waals surface area contributed by atoms with Gasteiger partial charge in [-0.05, 0) is 13.0 Å². The molecule has 0 spiro atoms. The largest absolute Gasteiger partial charge is 0.325 e. The molecule has 0 saturated carbocycles. The smallest absolute Gasteiger partial charge is 0.319 e. The van der Waals surface area contributed by atoms with Crippen molar-refractivity contribution in [3.05, 3.63) is 30.1 Å². The molecule has 1 aromatic heterocycles. The lowest BCUT2D eigenvalue weighted by molar-refractivity contribution is -0.132. The molecule has 1 aliphatic rings. The number of carbonyl (C=O) groups excluding carboxylic acids is 2. The van der Waals surface area contributed by atoms with E-state index in [9.17, 15) is 18.4 Å². The first-order chi connectivity index (χ1) is 8.45. The van der Waals surface area contributed by atoms with E-state index >= 15 is 0 Å². The monoisotopic (exact) mass is 255 g/mol. The lowest BCUT2D eigenvalue weighted by atomic mass is 9.94. The van der Waals surface area contributed by atoms with Gasteiger partial charge in [-0.1, -0.05) is 6.07 Å². The van der Waals surface area contributed by atoms with Crippen LogP contribution in [0.3, 0.4) is 0 Å². The molecule has 1 aliphatic heterocycles. The quantitative estimate of drug-likeness (QED) is 0.823. The first-order valence-electron chi connectivity index (χ1n) is 5.28. The highest BCUT2D eigenvalue weighted by Crippen LogP contribution is 2.28. The fraction of sp³-hybridized carbons (Fsp3) is 0.364. The molecule has 2 rings (SSSR count). The van der Waals surface area contributed by atoms with Gasteiger partial charge in [-0.25, -0.2) is 13.6 Å². The van der Waals surface area contributed by atoms with Crippen molar-refractivity contribution in [3.63, 3.8) is 0 Å². The van der Waals surface area contributed by atoms with E-state index in [4.69, 9.17) is 0 Å². The van der Waals surface area contributed by atoms with E-state index < -0.39 is 30.4 Å². The number of amides is 3. The Hall–Kier alpha value is -2.05. The van der Waals surface area contributed by atoms with Crippen molar-refractivity contribution in [3.8, 4) is 0 Å². The van der Waals surface area contributed by atoms with Gasteiger partial charge in [0.25, 0.3) is 12.3 Å². The number of pyridine rings is 1. The molecule has 1 fully saturated rings. The van der Waals surface area contributed by atoms with Gasteiger partial charge < -0.3 is 5.32 Å². The highest BCUT2D eigenvalue weighted by atomic mass is 19.3. The van der Waals surface area contributed by atoms with Crippen LogP contribution in [-0.4, -0.2) is 34.8 Å². The summed E-state index contributed by atoms with van der Waals surface area (Å²) in [6.45, 7) is 0.566. The number of hydrogen-bond acceptors (Lipinski definition) is 3. The standard InChI is InChI=1S/C11H11F2N3O2/c1-11(7-3-2-4-14-5-7)9(17)16(6-8(12)13)10(18)15-11/h2-5,8H,6H2,1H3,(H,15,18)/t11-/m1/s1. The first kappa shape index (κ1) is 12.4. The van der Waals surface area contributed by atoms with Gasteiger partial charge >= 0.3 is 6.03 Å². The Morgan fingerprint density at radius 2 is 2.22 bits per heavy atom. The van der Waals surface area contributed by atoms with E-state index in [0.717, 1.165) is 0 Å². The normalized spacial score (nSPS) is 23.7. The summed E-state index contributed by atoms with van der Waals surface area (Å²) in [5.74, 6) is -0.694. The number of hydrogen-bond donors (Lipinski definition) is 1. The van der Waals surface area contributed by atoms with Crippen LogP contribution in [0.4, 0.5) is 13.6 Å². The summed E-state index contributed by atoms with van der Waals surface area (Å²) >= 11 is 0. The van der Waals surface area contributed by atoms with Crippen molar-refractivity contribution >= 4 is 11.9 Å². The summed E-state index contributed by atoms with van der Waals surface area (Å²) in [5, 5.41) is 2.42. The molecule has 7 heteroatoms. The van der Waals surface area contributed by atoms with Gasteiger partial charge in [0.1, 0.15) is 5.54 Å². The topological polar surface area (TPSA) is 62.3 Å². The highest BCUT2D eigenvalue weighted by Gasteiger charge is 2.49. The average molecular weight is 255 g/mol. The summed E-state index contributed by atoms with van der Waals surface area (Å²) in [7, 11) is 0. The zero-order chi connectivity index (χ0) is 13.3. The average Bonchev–Trinajstić information content (AvgIpc) is 2.55. The van der Waals surface area contributed by atoms with Gasteiger partial charge in [0.2, 0.25) is 0 Å². The molecule has 1 atom stereocenters. The maximum absolute atomic E-state index is 12.3. The Labute approximate surface area is 102 Å². The van der Waals surface area contributed by atoms with E-state index in [1.807, 2.05) is 0 Å². The Bertz CT molecular complexity index is 480. The summed E-state index contributed by atoms with van der Waals surface area (Å²) in [6, 6.07) is 2.40. The van der Waals surface area contributed by atoms with Crippen molar-refractivity contribution in [1.29, 1.82) is 0 Å². The van der Waals surface area contributed by atoms with Crippen LogP contribution in [0.25, 0.3) is 0 Å². The third-order valence-corrected chi connectivity index (χ3v) is 2.83. The van der Waals surface area contributed by atoms with Crippen molar-refractivity contribution < 1.29 is 18.4 Å². The number of halogens is 2. The van der Waals surface area contributed by atoms with Crippen LogP contribution in [-0.2, 0) is 10.3 Å². The molecule has 96 valence electrons. The summed E-state index contributed by atoms with van der Waals surface area (Å²) < 4.78 is 24.6. The van der Waals surface area contributed by atoms with Gasteiger partial charge in [-0.2, -0.15) is 0 Å². The zero-order valence-corrected chi connectivity index (χ0v) is 9.56. The molecule has 1 N–H and O–H groups in total. The molecule has 18 heavy (non-hydrogen) atoms. The number of rotatable bonds is 3. The maximum Gasteiger partial charge on any atom is 0.325 e. The SMILES string of the molecule is C[C@]1(c2cccnc2)NC(=O)N(CC(F)F)C1=O. The number of urea groups is 1. The molecular weight excluding hydrogens is 244 g/mol. The number of nitrogens with one attached hydrogen (secondary N) is 1. The third kappa shape index (κ3) is 1.92. The second kappa shape index (κ2) is 4.32. The fourth-order valence-corrected chi connectivity index (χ4v) is 1.85. The second-order valence-corrected chi connectivity index (χ2v) is 4.10. The fourth-order valence-electron chi connectivity index (χ4n) is 1.85. The van der Waals surface area contributed by atoms with Gasteiger partial charge in [-0.3, -0.25) is 14.7 Å². The van der Waals surface area contributed by atoms with Crippen molar-refractivity contribution in [2.75, 3.05) is 6.54 Å². The Balaban J connectivity index is 2.32. The van der Waals surface area contributed by atoms with E-state index in [2.05, 4.69) is 10.3 Å². The molecule has 0 aromatic carbocycles. The summed E-state index contributed by atoms with van der Waals surface area (Å²) in [5.41, 5.74) is -0.875. The van der Waals surface area contributed by atoms with Crippen molar-refractivity contribution in [1.82, 2.24) is 15.2 Å². The van der Waals surface area contributed by atoms with E-state index in [1.54, 1.807) is 12.1 Å². The van der Waals surface area contributed by atoms with Crippen LogP contribution in [0, 0.1) is 0 Å². The second-order valence-electron chi connectivity index (χ2n) is 4.10. The lowest BCUT2D eigenvalue weighted by Crippen LogP contribution is -2.41. The van der Waals surface area contributed by atoms with Crippen LogP contribution in [0.1, 0.15) is 12.5 Å². The van der Waals surface area contributed by atoms with Crippen LogP contribution in [0.5, 0.6) is 0 Å². The predicted octanol–water partition coefficient (Wildman–Crippen LogP) is 1.11. The highest BCUT2D eigenvalue weighted by molar-refractivity contribution is 6.07. The maximum atomic E-state index is 12.3. The first-order valence-corrected chi connectivity index (χ1v) is 5.28. The Morgan fingerprint density at radius 1 is 1.50 bits per heavy atom. The summed E-state index contributed by atoms with van der Waals surface area (Å²) in [4.78, 5) is 28.0. The summed E-state index contributed by atoms with van der Waals surface area (Å²) in [6.07, 6.45) is 0.186. The van der Waals surface area contributed by atoms with E-state index in [0.29, 0.717) is 10.5 Å². The molecule has 0 radical (unpaired) electrons. The minimum atomic E-state index is -2.75. The molecule has 5 nitrogen and oxygen atoms in total. The number of aromatic nitrogens is 1. The number of alkyl halides is 2. The van der Waals surface area contributed by atoms with E-state index in [1.165, 1.54) is 19.3 Å². The molecule has 0 unspecified atom stereocenters. The van der Waals surface area contributed by atoms with Crippen molar-refractivity contribution in [2.24, 2.45) is 0 Å². The number of nitrogens with zero attached hydrogens (tertiary/aromatic N) is 2. The van der Waals surface area contributed by atoms with Gasteiger partial charge in [0.05, 0.1) is 6.54 Å². The number of imide groups is 1. The predicted molar refractivity (Wildman–Crippen MR) is 57.8 cm³/mol. The number of carbonyl (C=O) groups is 2. The molecule has 1 saturated heterocycles. The van der Waals surface area contributed by atoms with Crippen LogP contribution in [0.2, 0.25) is 0 Å². The third-order valence-electron chi connectivity index (χ3n) is 2.83. The van der Waals surface area contributed by atoms with Crippen LogP contribution >= 0.6 is 0 Å². The minimum Gasteiger partial charge on any atom is -0.319 e. The van der Waals surface area contributed by atoms with Gasteiger partial charge in [0.15, 0.2) is 0 Å². The van der Waals surface area contributed by atoms with Gasteiger partial charge in [-0.15, -0.1) is 0 Å². The molecular formula is C11H11F2N3O2. The molecule has 0 bridgehead atoms. The van der Waals surface area contributed by atoms with Crippen molar-refractivity contribution in [2.45, 2.75) is 18.9 Å². The van der Waals surface area contributed by atoms with E-state index in [-0.39, 0.29) is 0 Å². The van der Waals surface area contributed by atoms with Gasteiger partial charge in [0, 0.05) is 18.0 Å². The van der Waals surface area contributed by atoms with Crippen LogP contribution in [0.15, 0.2) is 24.5 Å². The Kier molecular flexibility index (Phi) is 2.98. The minimum absolute atomic E-state index is 0.458.